The Bertz CT molecular complexity index is 430. The van der Waals surface area contributed by atoms with Gasteiger partial charge in [0.25, 0.3) is 0 Å². The number of nitrogens with one attached hydrogen (secondary N) is 1. The summed E-state index contributed by atoms with van der Waals surface area (Å²) in [4.78, 5) is 2.00. The van der Waals surface area contributed by atoms with Gasteiger partial charge in [-0.1, -0.05) is 45.0 Å². The summed E-state index contributed by atoms with van der Waals surface area (Å²) in [6.07, 6.45) is 0. The van der Waals surface area contributed by atoms with E-state index in [2.05, 4.69) is 57.3 Å². The lowest BCUT2D eigenvalue weighted by atomic mass is 9.86. The molecule has 3 nitrogen and oxygen atoms in total. The molecule has 0 aliphatic heterocycles. The highest BCUT2D eigenvalue weighted by molar-refractivity contribution is 5.29. The first-order chi connectivity index (χ1) is 9.51. The number of rotatable bonds is 6. The van der Waals surface area contributed by atoms with Crippen molar-refractivity contribution in [3.8, 4) is 0 Å². The second-order valence-corrected chi connectivity index (χ2v) is 7.71. The Morgan fingerprint density at radius 3 is 2.05 bits per heavy atom. The third-order valence-corrected chi connectivity index (χ3v) is 3.72. The maximum Gasteiger partial charge on any atom is 0.0869 e. The lowest BCUT2D eigenvalue weighted by Gasteiger charge is -2.29. The van der Waals surface area contributed by atoms with Crippen LogP contribution < -0.4 is 5.32 Å². The smallest absolute Gasteiger partial charge is 0.0869 e. The van der Waals surface area contributed by atoms with Gasteiger partial charge in [-0.05, 0) is 44.5 Å². The van der Waals surface area contributed by atoms with Crippen molar-refractivity contribution in [2.45, 2.75) is 51.7 Å². The van der Waals surface area contributed by atoms with Gasteiger partial charge in [0.15, 0.2) is 0 Å². The van der Waals surface area contributed by atoms with E-state index in [4.69, 9.17) is 0 Å². The van der Waals surface area contributed by atoms with Gasteiger partial charge in [-0.15, -0.1) is 0 Å². The number of likely N-dealkylation sites (N-methyl/N-ethyl adjacent to an activating group) is 1. The van der Waals surface area contributed by atoms with Crippen molar-refractivity contribution < 1.29 is 5.11 Å². The molecular weight excluding hydrogens is 260 g/mol. The van der Waals surface area contributed by atoms with Crippen LogP contribution in [-0.4, -0.2) is 42.8 Å². The minimum atomic E-state index is -0.719. The lowest BCUT2D eigenvalue weighted by molar-refractivity contribution is 0.0317. The number of aliphatic hydroxyl groups is 1. The van der Waals surface area contributed by atoms with Crippen molar-refractivity contribution >= 4 is 0 Å². The Morgan fingerprint density at radius 1 is 1.10 bits per heavy atom. The Labute approximate surface area is 130 Å². The maximum absolute atomic E-state index is 10.3. The van der Waals surface area contributed by atoms with Crippen molar-refractivity contribution in [3.63, 3.8) is 0 Å². The minimum absolute atomic E-state index is 0.185. The largest absolute Gasteiger partial charge is 0.388 e. The van der Waals surface area contributed by atoms with Gasteiger partial charge < -0.3 is 15.3 Å². The SMILES string of the molecule is CC(NCC(C)(O)CN(C)C)c1ccc(C(C)(C)C)cc1. The normalized spacial score (nSPS) is 16.8. The highest BCUT2D eigenvalue weighted by Gasteiger charge is 2.22. The van der Waals surface area contributed by atoms with E-state index < -0.39 is 5.60 Å². The lowest BCUT2D eigenvalue weighted by Crippen LogP contribution is -2.46. The summed E-state index contributed by atoms with van der Waals surface area (Å²) in [6.45, 7) is 11.9. The number of benzene rings is 1. The van der Waals surface area contributed by atoms with Crippen LogP contribution in [0.3, 0.4) is 0 Å². The van der Waals surface area contributed by atoms with Gasteiger partial charge >= 0.3 is 0 Å². The van der Waals surface area contributed by atoms with E-state index in [-0.39, 0.29) is 11.5 Å². The van der Waals surface area contributed by atoms with Crippen LogP contribution in [0.2, 0.25) is 0 Å². The number of nitrogens with zero attached hydrogens (tertiary/aromatic N) is 1. The summed E-state index contributed by atoms with van der Waals surface area (Å²) in [5.74, 6) is 0. The molecule has 0 heterocycles. The summed E-state index contributed by atoms with van der Waals surface area (Å²) in [6, 6.07) is 8.99. The average Bonchev–Trinajstić information content (AvgIpc) is 2.33. The van der Waals surface area contributed by atoms with Crippen molar-refractivity contribution in [2.75, 3.05) is 27.2 Å². The fourth-order valence-corrected chi connectivity index (χ4v) is 2.50. The van der Waals surface area contributed by atoms with Crippen LogP contribution in [0.4, 0.5) is 0 Å². The average molecular weight is 292 g/mol. The molecule has 120 valence electrons. The van der Waals surface area contributed by atoms with Crippen molar-refractivity contribution in [2.24, 2.45) is 0 Å². The monoisotopic (exact) mass is 292 g/mol. The van der Waals surface area contributed by atoms with Gasteiger partial charge in [0.2, 0.25) is 0 Å². The summed E-state index contributed by atoms with van der Waals surface area (Å²) in [7, 11) is 3.95. The zero-order valence-electron chi connectivity index (χ0n) is 14.7. The molecule has 0 spiro atoms. The molecule has 0 saturated carbocycles. The Hall–Kier alpha value is -0.900. The van der Waals surface area contributed by atoms with Gasteiger partial charge in [0.1, 0.15) is 0 Å². The third kappa shape index (κ3) is 6.16. The predicted molar refractivity (Wildman–Crippen MR) is 90.7 cm³/mol. The standard InChI is InChI=1S/C18H32N2O/c1-14(19-12-18(5,21)13-20(6)7)15-8-10-16(11-9-15)17(2,3)4/h8-11,14,19,21H,12-13H2,1-7H3. The molecule has 0 amide bonds. The van der Waals surface area contributed by atoms with E-state index in [1.807, 2.05) is 25.9 Å². The predicted octanol–water partition coefficient (Wildman–Crippen LogP) is 2.95. The fraction of sp³-hybridized carbons (Fsp3) is 0.667. The van der Waals surface area contributed by atoms with Crippen LogP contribution in [0.15, 0.2) is 24.3 Å². The van der Waals surface area contributed by atoms with Crippen molar-refractivity contribution in [1.29, 1.82) is 0 Å². The third-order valence-electron chi connectivity index (χ3n) is 3.72. The Kier molecular flexibility index (Phi) is 5.97. The molecule has 0 fully saturated rings. The molecule has 0 aromatic heterocycles. The minimum Gasteiger partial charge on any atom is -0.388 e. The van der Waals surface area contributed by atoms with Crippen LogP contribution >= 0.6 is 0 Å². The second-order valence-electron chi connectivity index (χ2n) is 7.71. The molecule has 2 N–H and O–H groups in total. The van der Waals surface area contributed by atoms with Crippen LogP contribution in [0, 0.1) is 0 Å². The Morgan fingerprint density at radius 2 is 1.62 bits per heavy atom. The highest BCUT2D eigenvalue weighted by atomic mass is 16.3. The first-order valence-electron chi connectivity index (χ1n) is 7.72. The quantitative estimate of drug-likeness (QED) is 0.846. The molecule has 0 aliphatic rings. The first kappa shape index (κ1) is 18.1. The fourth-order valence-electron chi connectivity index (χ4n) is 2.50. The molecule has 0 radical (unpaired) electrons. The van der Waals surface area contributed by atoms with Gasteiger partial charge in [0, 0.05) is 19.1 Å². The molecule has 3 heteroatoms. The van der Waals surface area contributed by atoms with E-state index >= 15 is 0 Å². The van der Waals surface area contributed by atoms with E-state index in [1.165, 1.54) is 11.1 Å². The topological polar surface area (TPSA) is 35.5 Å². The Balaban J connectivity index is 2.62. The molecule has 2 unspecified atom stereocenters. The number of hydrogen-bond donors (Lipinski definition) is 2. The molecule has 1 rings (SSSR count). The zero-order chi connectivity index (χ0) is 16.3. The van der Waals surface area contributed by atoms with Crippen molar-refractivity contribution in [3.05, 3.63) is 35.4 Å². The van der Waals surface area contributed by atoms with Crippen LogP contribution in [-0.2, 0) is 5.41 Å². The number of hydrogen-bond acceptors (Lipinski definition) is 3. The molecular formula is C18H32N2O. The summed E-state index contributed by atoms with van der Waals surface area (Å²) >= 11 is 0. The molecule has 21 heavy (non-hydrogen) atoms. The van der Waals surface area contributed by atoms with Crippen LogP contribution in [0.25, 0.3) is 0 Å². The molecule has 0 aliphatic carbocycles. The van der Waals surface area contributed by atoms with Gasteiger partial charge in [0.05, 0.1) is 5.60 Å². The van der Waals surface area contributed by atoms with Crippen LogP contribution in [0.5, 0.6) is 0 Å². The summed E-state index contributed by atoms with van der Waals surface area (Å²) in [5.41, 5.74) is 2.06. The van der Waals surface area contributed by atoms with Gasteiger partial charge in [-0.3, -0.25) is 0 Å². The van der Waals surface area contributed by atoms with Gasteiger partial charge in [-0.25, -0.2) is 0 Å². The highest BCUT2D eigenvalue weighted by Crippen LogP contribution is 2.24. The molecule has 1 aromatic carbocycles. The van der Waals surface area contributed by atoms with Gasteiger partial charge in [-0.2, -0.15) is 0 Å². The summed E-state index contributed by atoms with van der Waals surface area (Å²) < 4.78 is 0. The first-order valence-corrected chi connectivity index (χ1v) is 7.72. The molecule has 1 aromatic rings. The molecule has 0 bridgehead atoms. The van der Waals surface area contributed by atoms with E-state index in [0.717, 1.165) is 0 Å². The molecule has 0 saturated heterocycles. The van der Waals surface area contributed by atoms with Crippen LogP contribution in [0.1, 0.15) is 51.8 Å². The maximum atomic E-state index is 10.3. The zero-order valence-corrected chi connectivity index (χ0v) is 14.7. The van der Waals surface area contributed by atoms with E-state index in [0.29, 0.717) is 13.1 Å². The van der Waals surface area contributed by atoms with Crippen molar-refractivity contribution in [1.82, 2.24) is 10.2 Å². The van der Waals surface area contributed by atoms with E-state index in [9.17, 15) is 5.11 Å². The van der Waals surface area contributed by atoms with E-state index in [1.54, 1.807) is 0 Å². The summed E-state index contributed by atoms with van der Waals surface area (Å²) in [5, 5.41) is 13.8. The molecule has 2 atom stereocenters. The second kappa shape index (κ2) is 6.91.